The minimum absolute atomic E-state index is 0.327. The normalized spacial score (nSPS) is 15.2. The Kier molecular flexibility index (Phi) is 5.33. The number of nitrogens with zero attached hydrogens (tertiary/aromatic N) is 1. The first-order chi connectivity index (χ1) is 8.20. The lowest BCUT2D eigenvalue weighted by Gasteiger charge is -2.27. The van der Waals surface area contributed by atoms with Gasteiger partial charge in [0.05, 0.1) is 0 Å². The maximum Gasteiger partial charge on any atom is 0.284 e. The zero-order valence-corrected chi connectivity index (χ0v) is 13.8. The molecule has 0 radical (unpaired) electrons. The molecule has 0 aromatic heterocycles. The first-order valence-electron chi connectivity index (χ1n) is 5.51. The molecule has 0 amide bonds. The van der Waals surface area contributed by atoms with Crippen molar-refractivity contribution in [3.63, 3.8) is 0 Å². The third kappa shape index (κ3) is 4.68. The molecule has 0 saturated carbocycles. The second-order valence-electron chi connectivity index (χ2n) is 5.08. The van der Waals surface area contributed by atoms with E-state index in [4.69, 9.17) is 11.6 Å². The highest BCUT2D eigenvalue weighted by atomic mass is 79.9. The van der Waals surface area contributed by atoms with Crippen molar-refractivity contribution >= 4 is 35.8 Å². The predicted molar refractivity (Wildman–Crippen MR) is 80.4 cm³/mol. The molecule has 2 atom stereocenters. The Morgan fingerprint density at radius 1 is 1.33 bits per heavy atom. The van der Waals surface area contributed by atoms with E-state index < -0.39 is 13.2 Å². The van der Waals surface area contributed by atoms with E-state index in [1.807, 2.05) is 12.1 Å². The van der Waals surface area contributed by atoms with Crippen LogP contribution in [0.15, 0.2) is 24.3 Å². The number of nitrogens with one attached hydrogen (secondary N) is 1. The number of rotatable bonds is 5. The standard InChI is InChI=1S/C11H16BrClN2O2Si/c1-18(2,3)14-10(11(12)15(16)17)8-4-6-9(13)7-5-8/h4-7,10-11,14H,1-3H3/t10-,11?/m1/s1. The number of benzene rings is 1. The van der Waals surface area contributed by atoms with Crippen LogP contribution in [0.5, 0.6) is 0 Å². The second kappa shape index (κ2) is 6.14. The number of alkyl halides is 1. The maximum absolute atomic E-state index is 11.0. The van der Waals surface area contributed by atoms with Gasteiger partial charge in [0.25, 0.3) is 4.95 Å². The van der Waals surface area contributed by atoms with Gasteiger partial charge < -0.3 is 4.98 Å². The van der Waals surface area contributed by atoms with Crippen molar-refractivity contribution in [1.29, 1.82) is 0 Å². The highest BCUT2D eigenvalue weighted by Gasteiger charge is 2.33. The molecule has 4 nitrogen and oxygen atoms in total. The molecule has 0 aliphatic carbocycles. The SMILES string of the molecule is C[Si](C)(C)N[C@H](c1ccc(Cl)cc1)C(Br)[N+](=O)[O-]. The third-order valence-corrected chi connectivity index (χ3v) is 4.59. The summed E-state index contributed by atoms with van der Waals surface area (Å²) in [4.78, 5) is 13.2. The molecule has 0 bridgehead atoms. The van der Waals surface area contributed by atoms with Crippen LogP contribution < -0.4 is 4.98 Å². The van der Waals surface area contributed by atoms with Crippen molar-refractivity contribution in [1.82, 2.24) is 4.98 Å². The van der Waals surface area contributed by atoms with Crippen LogP contribution in [0.4, 0.5) is 0 Å². The van der Waals surface area contributed by atoms with E-state index in [1.165, 1.54) is 0 Å². The number of hydrogen-bond acceptors (Lipinski definition) is 3. The van der Waals surface area contributed by atoms with Crippen LogP contribution in [0.1, 0.15) is 11.6 Å². The van der Waals surface area contributed by atoms with Crippen molar-refractivity contribution in [3.05, 3.63) is 45.0 Å². The summed E-state index contributed by atoms with van der Waals surface area (Å²) < 4.78 is 0. The Bertz CT molecular complexity index is 422. The van der Waals surface area contributed by atoms with Gasteiger partial charge in [0, 0.05) is 9.95 Å². The molecule has 7 heteroatoms. The van der Waals surface area contributed by atoms with Crippen LogP contribution in [-0.2, 0) is 0 Å². The molecule has 1 unspecified atom stereocenters. The average Bonchev–Trinajstić information content (AvgIpc) is 2.25. The van der Waals surface area contributed by atoms with Crippen LogP contribution >= 0.6 is 27.5 Å². The molecule has 18 heavy (non-hydrogen) atoms. The molecule has 1 aromatic rings. The molecule has 0 aliphatic rings. The summed E-state index contributed by atoms with van der Waals surface area (Å²) in [7, 11) is -1.64. The summed E-state index contributed by atoms with van der Waals surface area (Å²) in [6.45, 7) is 6.32. The molecular formula is C11H16BrClN2O2Si. The van der Waals surface area contributed by atoms with Gasteiger partial charge in [-0.2, -0.15) is 0 Å². The van der Waals surface area contributed by atoms with Gasteiger partial charge in [-0.1, -0.05) is 43.4 Å². The largest absolute Gasteiger partial charge is 0.325 e. The Morgan fingerprint density at radius 2 is 1.83 bits per heavy atom. The third-order valence-electron chi connectivity index (χ3n) is 2.29. The fraction of sp³-hybridized carbons (Fsp3) is 0.455. The van der Waals surface area contributed by atoms with Gasteiger partial charge in [0.1, 0.15) is 14.3 Å². The van der Waals surface area contributed by atoms with E-state index in [-0.39, 0.29) is 11.0 Å². The average molecular weight is 352 g/mol. The number of nitro groups is 1. The minimum Gasteiger partial charge on any atom is -0.325 e. The van der Waals surface area contributed by atoms with Gasteiger partial charge in [0.2, 0.25) is 0 Å². The van der Waals surface area contributed by atoms with E-state index in [0.717, 1.165) is 5.56 Å². The first-order valence-corrected chi connectivity index (χ1v) is 10.3. The van der Waals surface area contributed by atoms with E-state index in [2.05, 4.69) is 40.6 Å². The summed E-state index contributed by atoms with van der Waals surface area (Å²) >= 11 is 8.98. The summed E-state index contributed by atoms with van der Waals surface area (Å²) in [6, 6.07) is 6.77. The van der Waals surface area contributed by atoms with Crippen LogP contribution in [-0.4, -0.2) is 18.1 Å². The highest BCUT2D eigenvalue weighted by Crippen LogP contribution is 2.26. The quantitative estimate of drug-likeness (QED) is 0.288. The smallest absolute Gasteiger partial charge is 0.284 e. The fourth-order valence-corrected chi connectivity index (χ4v) is 3.63. The van der Waals surface area contributed by atoms with E-state index in [0.29, 0.717) is 5.02 Å². The van der Waals surface area contributed by atoms with Crippen LogP contribution in [0.2, 0.25) is 24.7 Å². The van der Waals surface area contributed by atoms with Gasteiger partial charge in [-0.25, -0.2) is 0 Å². The molecular weight excluding hydrogens is 336 g/mol. The summed E-state index contributed by atoms with van der Waals surface area (Å²) in [5.41, 5.74) is 0.861. The highest BCUT2D eigenvalue weighted by molar-refractivity contribution is 9.09. The van der Waals surface area contributed by atoms with Gasteiger partial charge in [0.15, 0.2) is 0 Å². The van der Waals surface area contributed by atoms with Gasteiger partial charge in [-0.3, -0.25) is 10.1 Å². The Labute approximate surface area is 121 Å². The van der Waals surface area contributed by atoms with Crippen LogP contribution in [0, 0.1) is 10.1 Å². The Morgan fingerprint density at radius 3 is 2.22 bits per heavy atom. The van der Waals surface area contributed by atoms with E-state index in [1.54, 1.807) is 12.1 Å². The summed E-state index contributed by atoms with van der Waals surface area (Å²) in [5, 5.41) is 11.6. The van der Waals surface area contributed by atoms with Gasteiger partial charge in [-0.05, 0) is 33.6 Å². The van der Waals surface area contributed by atoms with Crippen molar-refractivity contribution < 1.29 is 4.92 Å². The molecule has 0 saturated heterocycles. The van der Waals surface area contributed by atoms with Crippen molar-refractivity contribution in [2.45, 2.75) is 30.6 Å². The first kappa shape index (κ1) is 15.6. The zero-order valence-electron chi connectivity index (χ0n) is 10.5. The summed E-state index contributed by atoms with van der Waals surface area (Å²) in [6.07, 6.45) is 0. The maximum atomic E-state index is 11.0. The molecule has 1 N–H and O–H groups in total. The lowest BCUT2D eigenvalue weighted by atomic mass is 10.1. The van der Waals surface area contributed by atoms with Crippen molar-refractivity contribution in [2.75, 3.05) is 0 Å². The second-order valence-corrected chi connectivity index (χ2v) is 11.2. The Hall–Kier alpha value is -0.433. The molecule has 0 spiro atoms. The molecule has 0 aliphatic heterocycles. The summed E-state index contributed by atoms with van der Waals surface area (Å²) in [5.74, 6) is 0. The van der Waals surface area contributed by atoms with Crippen LogP contribution in [0.3, 0.4) is 0 Å². The molecule has 1 aromatic carbocycles. The topological polar surface area (TPSA) is 55.2 Å². The Balaban J connectivity index is 3.04. The van der Waals surface area contributed by atoms with Gasteiger partial charge >= 0.3 is 0 Å². The van der Waals surface area contributed by atoms with Crippen molar-refractivity contribution in [3.8, 4) is 0 Å². The fourth-order valence-electron chi connectivity index (χ4n) is 1.57. The lowest BCUT2D eigenvalue weighted by Crippen LogP contribution is -2.47. The molecule has 0 fully saturated rings. The predicted octanol–water partition coefficient (Wildman–Crippen LogP) is 3.80. The molecule has 1 rings (SSSR count). The van der Waals surface area contributed by atoms with Crippen molar-refractivity contribution in [2.24, 2.45) is 0 Å². The van der Waals surface area contributed by atoms with Crippen LogP contribution in [0.25, 0.3) is 0 Å². The molecule has 100 valence electrons. The lowest BCUT2D eigenvalue weighted by molar-refractivity contribution is -0.497. The monoisotopic (exact) mass is 350 g/mol. The number of hydrogen-bond donors (Lipinski definition) is 1. The van der Waals surface area contributed by atoms with Gasteiger partial charge in [-0.15, -0.1) is 0 Å². The number of halogens is 2. The van der Waals surface area contributed by atoms with E-state index in [9.17, 15) is 10.1 Å². The zero-order chi connectivity index (χ0) is 13.9. The molecule has 0 heterocycles. The minimum atomic E-state index is -1.64. The van der Waals surface area contributed by atoms with E-state index >= 15 is 0 Å².